The lowest BCUT2D eigenvalue weighted by Gasteiger charge is -2.31. The van der Waals surface area contributed by atoms with Gasteiger partial charge in [-0.2, -0.15) is 0 Å². The highest BCUT2D eigenvalue weighted by atomic mass is 33.1. The standard InChI is InChI=1S/C88H118N26O20S4/c1-93-41-71(117)101-57(17-9-29-97-87(89)90)73(119)109-65-43-135-137-45-67(79(125)105-61(37-53-39-95-47-99-53)83(129)113-31-11-19-69(113)81(127)107-63(85(131)132)35-49-13-5-3-6-14-49)112-76(122)60(34-52-23-27-56(116)28-24-52)104-78(124)66(110-74(120)58(102-72(118)42-94-2)18-10-30-98-88(91)92)44-136-138-46-68(111-75(121)59(103-77(65)123)33-51-21-25-55(115)26-22-51)80(126)106-62(38-54-40-96-48-100-54)84(130)114-32-12-20-70(114)82(128)108-64(86(133)134)36-50-15-7-4-8-16-50/h3-8,13-16,21-28,39-40,47-48,57-70,93-94,115-116H,9-12,17-20,29-38,41-46H2,1-2H3,(H,95,99)(H,96,100)(H,101,117)(H,102,118)(H,103,123)(H,104,124)(H,105,125)(H,106,126)(H,107,127)(H,108,128)(H,109,119)(H,110,120)(H,111,121)(H,112,122)(H,131,132)(H,133,134)(H4,89,90,97)(H4,91,92,98)/t57-,58-,59-,60-,61-,62-,63-,64-,65-,66-,67-,68-,69-,70-/m1/s1. The lowest BCUT2D eigenvalue weighted by molar-refractivity contribution is -0.145. The van der Waals surface area contributed by atoms with Crippen molar-refractivity contribution in [2.24, 2.45) is 11.5 Å². The molecule has 0 unspecified atom stereocenters. The van der Waals surface area contributed by atoms with Gasteiger partial charge in [0.2, 0.25) is 82.7 Å². The second-order valence-corrected chi connectivity index (χ2v) is 37.9. The second-order valence-electron chi connectivity index (χ2n) is 32.8. The first-order chi connectivity index (χ1) is 66.2. The average Bonchev–Trinajstić information content (AvgIpc) is 1.72. The molecule has 0 spiro atoms. The van der Waals surface area contributed by atoms with Crippen molar-refractivity contribution in [1.82, 2.24) is 115 Å². The number of H-pyrrole nitrogens is 2. The Hall–Kier alpha value is -13.7. The smallest absolute Gasteiger partial charge is 0.326 e. The number of carbonyl (C=O) groups excluding carboxylic acids is 14. The molecule has 0 bridgehead atoms. The molecule has 3 fully saturated rings. The lowest BCUT2D eigenvalue weighted by Crippen LogP contribution is -2.61. The number of aromatic hydroxyl groups is 2. The third kappa shape index (κ3) is 35.1. The van der Waals surface area contributed by atoms with E-state index in [2.05, 4.69) is 105 Å². The number of carboxylic acid groups (broad SMARTS) is 2. The van der Waals surface area contributed by atoms with E-state index in [-0.39, 0.29) is 150 Å². The number of likely N-dealkylation sites (N-methyl/N-ethyl adjacent to an activating group) is 2. The van der Waals surface area contributed by atoms with Crippen molar-refractivity contribution < 1.29 is 97.1 Å². The van der Waals surface area contributed by atoms with E-state index in [1.165, 1.54) is 97.5 Å². The summed E-state index contributed by atoms with van der Waals surface area (Å²) >= 11 is 0. The second kappa shape index (κ2) is 55.5. The van der Waals surface area contributed by atoms with Crippen LogP contribution in [0.3, 0.4) is 0 Å². The van der Waals surface area contributed by atoms with Crippen LogP contribution in [0, 0.1) is 10.8 Å². The first-order valence-corrected chi connectivity index (χ1v) is 49.4. The monoisotopic (exact) mass is 1990 g/mol. The summed E-state index contributed by atoms with van der Waals surface area (Å²) < 4.78 is 0. The Morgan fingerprint density at radius 2 is 0.812 bits per heavy atom. The van der Waals surface area contributed by atoms with Gasteiger partial charge in [-0.15, -0.1) is 0 Å². The van der Waals surface area contributed by atoms with Crippen molar-refractivity contribution in [2.75, 3.05) is 76.4 Å². The predicted octanol–water partition coefficient (Wildman–Crippen LogP) is -3.99. The molecule has 50 heteroatoms. The molecular weight excluding hydrogens is 1870 g/mol. The van der Waals surface area contributed by atoms with Crippen LogP contribution in [-0.2, 0) is 115 Å². The molecule has 46 nitrogen and oxygen atoms in total. The maximum absolute atomic E-state index is 15.8. The van der Waals surface area contributed by atoms with Crippen LogP contribution in [0.4, 0.5) is 0 Å². The molecule has 744 valence electrons. The zero-order valence-electron chi connectivity index (χ0n) is 75.7. The number of aromatic nitrogens is 4. The third-order valence-electron chi connectivity index (χ3n) is 22.3. The van der Waals surface area contributed by atoms with E-state index in [0.29, 0.717) is 11.1 Å². The number of aliphatic carboxylic acids is 2. The van der Waals surface area contributed by atoms with E-state index in [9.17, 15) is 58.8 Å². The van der Waals surface area contributed by atoms with Gasteiger partial charge < -0.3 is 137 Å². The van der Waals surface area contributed by atoms with Crippen LogP contribution in [0.2, 0.25) is 0 Å². The van der Waals surface area contributed by atoms with Gasteiger partial charge in [0.15, 0.2) is 11.9 Å². The average molecular weight is 1990 g/mol. The highest BCUT2D eigenvalue weighted by Crippen LogP contribution is 2.29. The number of hydrogen-bond donors (Lipinski definition) is 26. The van der Waals surface area contributed by atoms with E-state index >= 15 is 38.4 Å². The fraction of sp³-hybridized carbons (Fsp3) is 0.455. The summed E-state index contributed by atoms with van der Waals surface area (Å²) in [5.74, 6) is -19.2. The molecule has 3 aliphatic heterocycles. The quantitative estimate of drug-likeness (QED) is 0.00752. The van der Waals surface area contributed by atoms with Crippen LogP contribution in [0.5, 0.6) is 11.5 Å². The van der Waals surface area contributed by atoms with Gasteiger partial charge in [-0.25, -0.2) is 19.6 Å². The van der Waals surface area contributed by atoms with Crippen LogP contribution >= 0.6 is 43.2 Å². The maximum Gasteiger partial charge on any atom is 0.326 e. The Balaban J connectivity index is 1.14. The molecule has 14 atom stereocenters. The van der Waals surface area contributed by atoms with E-state index in [4.69, 9.17) is 22.3 Å². The predicted molar refractivity (Wildman–Crippen MR) is 512 cm³/mol. The maximum atomic E-state index is 15.8. The third-order valence-corrected chi connectivity index (χ3v) is 27.1. The van der Waals surface area contributed by atoms with Crippen molar-refractivity contribution in [3.05, 3.63) is 168 Å². The van der Waals surface area contributed by atoms with Crippen LogP contribution in [0.1, 0.15) is 85.0 Å². The summed E-state index contributed by atoms with van der Waals surface area (Å²) in [6.45, 7) is -0.633. The highest BCUT2D eigenvalue weighted by Gasteiger charge is 2.44. The van der Waals surface area contributed by atoms with Crippen LogP contribution < -0.4 is 96.5 Å². The molecule has 138 heavy (non-hydrogen) atoms. The lowest BCUT2D eigenvalue weighted by atomic mass is 10.0. The molecule has 5 heterocycles. The molecule has 0 saturated carbocycles. The van der Waals surface area contributed by atoms with Gasteiger partial charge in [0.05, 0.1) is 25.7 Å². The number of aromatic amines is 2. The number of carboxylic acids is 2. The molecule has 0 aliphatic carbocycles. The number of phenols is 2. The van der Waals surface area contributed by atoms with Gasteiger partial charge in [-0.05, 0) is 112 Å². The number of carbonyl (C=O) groups is 16. The van der Waals surface area contributed by atoms with Crippen molar-refractivity contribution in [3.8, 4) is 11.5 Å². The molecule has 2 aromatic heterocycles. The van der Waals surface area contributed by atoms with Gasteiger partial charge in [-0.1, -0.05) is 128 Å². The summed E-state index contributed by atoms with van der Waals surface area (Å²) in [4.78, 5) is 253. The number of phenolic OH excluding ortho intramolecular Hbond substituents is 2. The number of rotatable bonds is 42. The first-order valence-electron chi connectivity index (χ1n) is 44.4. The van der Waals surface area contributed by atoms with Crippen LogP contribution in [-0.4, -0.2) is 318 Å². The minimum Gasteiger partial charge on any atom is -0.508 e. The minimum absolute atomic E-state index is 0.0311. The molecule has 28 N–H and O–H groups in total. The number of nitrogens with one attached hydrogen (secondary N) is 20. The van der Waals surface area contributed by atoms with Crippen molar-refractivity contribution >= 4 is 150 Å². The number of guanidine groups is 2. The largest absolute Gasteiger partial charge is 0.508 e. The number of benzene rings is 4. The normalized spacial score (nSPS) is 19.8. The zero-order valence-corrected chi connectivity index (χ0v) is 78.9. The van der Waals surface area contributed by atoms with Crippen molar-refractivity contribution in [3.63, 3.8) is 0 Å². The SMILES string of the molecule is CNCC(=O)N[C@H](CCCNC(=N)N)C(=O)N[C@@H]1CSSC[C@H](C(=O)N[C@H](Cc2cnc[nH]2)C(=O)N2CCC[C@@H]2C(=O)N[C@H](Cc2ccccc2)C(=O)O)NC(=O)[C@@H](Cc2ccc(O)cc2)NC(=O)[C@H](NC(=O)[C@@H](CCCNC(=N)N)NC(=O)CNC)CSSC[C@H](C(=O)N[C@H](Cc2cnc[nH]2)C(=O)N2CCC[C@@H]2C(=O)N[C@H](Cc2ccccc2)C(=O)O)NC(=O)[C@@H](Cc2ccc(O)cc2)NC1=O. The molecule has 14 amide bonds. The summed E-state index contributed by atoms with van der Waals surface area (Å²) in [5, 5.41) is 100. The molecule has 0 radical (unpaired) electrons. The molecule has 9 rings (SSSR count). The fourth-order valence-electron chi connectivity index (χ4n) is 15.2. The molecule has 3 aliphatic rings. The molecule has 4 aromatic carbocycles. The Bertz CT molecular complexity index is 4830. The van der Waals surface area contributed by atoms with Crippen molar-refractivity contribution in [2.45, 2.75) is 174 Å². The summed E-state index contributed by atoms with van der Waals surface area (Å²) in [6, 6.07) is 5.54. The molecule has 3 saturated heterocycles. The van der Waals surface area contributed by atoms with Crippen molar-refractivity contribution in [1.29, 1.82) is 10.8 Å². The van der Waals surface area contributed by atoms with Crippen LogP contribution in [0.25, 0.3) is 0 Å². The van der Waals surface area contributed by atoms with Gasteiger partial charge in [0, 0.05) is 111 Å². The summed E-state index contributed by atoms with van der Waals surface area (Å²) in [6.07, 6.45) is 4.06. The fourth-order valence-corrected chi connectivity index (χ4v) is 19.9. The Labute approximate surface area is 809 Å². The number of amides is 14. The number of imidazole rings is 2. The van der Waals surface area contributed by atoms with E-state index in [1.54, 1.807) is 60.7 Å². The molecular formula is C88H118N26O20S4. The zero-order chi connectivity index (χ0) is 99.7. The minimum atomic E-state index is -1.81. The van der Waals surface area contributed by atoms with Gasteiger partial charge >= 0.3 is 11.9 Å². The van der Waals surface area contributed by atoms with Gasteiger partial charge in [-0.3, -0.25) is 77.9 Å². The number of nitrogens with two attached hydrogens (primary N) is 2. The van der Waals surface area contributed by atoms with E-state index < -0.39 is 227 Å². The molecule has 6 aromatic rings. The van der Waals surface area contributed by atoms with Gasteiger partial charge in [0.25, 0.3) is 0 Å². The summed E-state index contributed by atoms with van der Waals surface area (Å²) in [5.41, 5.74) is 13.5. The van der Waals surface area contributed by atoms with Gasteiger partial charge in [0.1, 0.15) is 96.1 Å². The Morgan fingerprint density at radius 3 is 1.15 bits per heavy atom. The van der Waals surface area contributed by atoms with Crippen LogP contribution in [0.15, 0.2) is 134 Å². The first kappa shape index (κ1) is 108. The number of nitrogens with zero attached hydrogens (tertiary/aromatic N) is 4. The number of hydrogen-bond acceptors (Lipinski definition) is 28. The van der Waals surface area contributed by atoms with E-state index in [1.807, 2.05) is 0 Å². The number of likely N-dealkylation sites (tertiary alicyclic amines) is 2. The Kier molecular flexibility index (Phi) is 43.4. The Morgan fingerprint density at radius 1 is 0.449 bits per heavy atom. The topological polar surface area (TPSA) is 710 Å². The summed E-state index contributed by atoms with van der Waals surface area (Å²) in [7, 11) is 6.16. The van der Waals surface area contributed by atoms with E-state index in [0.717, 1.165) is 43.2 Å². The highest BCUT2D eigenvalue weighted by molar-refractivity contribution is 8.77.